The summed E-state index contributed by atoms with van der Waals surface area (Å²) in [7, 11) is 0. The number of benzene rings is 1. The van der Waals surface area contributed by atoms with Gasteiger partial charge in [-0.2, -0.15) is 13.2 Å². The summed E-state index contributed by atoms with van der Waals surface area (Å²) in [6.07, 6.45) is -0.907. The Morgan fingerprint density at radius 2 is 2.06 bits per heavy atom. The minimum Gasteiger partial charge on any atom is -0.314 e. The first-order valence-electron chi connectivity index (χ1n) is 6.37. The van der Waals surface area contributed by atoms with Crippen molar-refractivity contribution in [3.8, 4) is 0 Å². The smallest absolute Gasteiger partial charge is 0.314 e. The average Bonchev–Trinajstić information content (AvgIpc) is 3.12. The summed E-state index contributed by atoms with van der Waals surface area (Å²) in [5, 5.41) is 3.38. The summed E-state index contributed by atoms with van der Waals surface area (Å²) in [6, 6.07) is 6.30. The first kappa shape index (κ1) is 13.4. The molecule has 1 aromatic rings. The summed E-state index contributed by atoms with van der Waals surface area (Å²) >= 11 is 0. The molecular formula is C14H18F3N. The molecule has 2 rings (SSSR count). The predicted molar refractivity (Wildman–Crippen MR) is 65.5 cm³/mol. The fraction of sp³-hybridized carbons (Fsp3) is 0.571. The summed E-state index contributed by atoms with van der Waals surface area (Å²) in [5.74, 6) is 0.151. The summed E-state index contributed by atoms with van der Waals surface area (Å²) in [6.45, 7) is 2.85. The van der Waals surface area contributed by atoms with E-state index in [1.54, 1.807) is 6.07 Å². The molecule has 0 saturated heterocycles. The lowest BCUT2D eigenvalue weighted by molar-refractivity contribution is -0.137. The van der Waals surface area contributed by atoms with Crippen LogP contribution in [-0.2, 0) is 6.18 Å². The maximum Gasteiger partial charge on any atom is 0.416 e. The van der Waals surface area contributed by atoms with Crippen molar-refractivity contribution < 1.29 is 13.2 Å². The lowest BCUT2D eigenvalue weighted by Gasteiger charge is -2.14. The molecule has 100 valence electrons. The number of nitrogens with one attached hydrogen (secondary N) is 1. The lowest BCUT2D eigenvalue weighted by Crippen LogP contribution is -2.19. The second-order valence-corrected chi connectivity index (χ2v) is 5.04. The second-order valence-electron chi connectivity index (χ2n) is 5.04. The van der Waals surface area contributed by atoms with E-state index in [-0.39, 0.29) is 5.92 Å². The van der Waals surface area contributed by atoms with Gasteiger partial charge in [-0.1, -0.05) is 25.1 Å². The predicted octanol–water partition coefficient (Wildman–Crippen LogP) is 3.95. The van der Waals surface area contributed by atoms with Crippen molar-refractivity contribution in [1.82, 2.24) is 5.32 Å². The van der Waals surface area contributed by atoms with Gasteiger partial charge in [0.15, 0.2) is 0 Å². The zero-order valence-corrected chi connectivity index (χ0v) is 10.4. The van der Waals surface area contributed by atoms with Gasteiger partial charge in [-0.05, 0) is 43.4 Å². The van der Waals surface area contributed by atoms with E-state index in [1.165, 1.54) is 25.0 Å². The number of halogens is 3. The highest BCUT2D eigenvalue weighted by Gasteiger charge is 2.30. The number of alkyl halides is 3. The molecule has 1 aromatic carbocycles. The van der Waals surface area contributed by atoms with Gasteiger partial charge in [0.25, 0.3) is 0 Å². The quantitative estimate of drug-likeness (QED) is 0.842. The van der Waals surface area contributed by atoms with E-state index in [0.29, 0.717) is 6.04 Å². The SMILES string of the molecule is CC(CCNC1CC1)c1cccc(C(F)(F)F)c1. The van der Waals surface area contributed by atoms with E-state index < -0.39 is 11.7 Å². The van der Waals surface area contributed by atoms with Gasteiger partial charge in [-0.3, -0.25) is 0 Å². The first-order chi connectivity index (χ1) is 8.47. The average molecular weight is 257 g/mol. The van der Waals surface area contributed by atoms with Gasteiger partial charge in [-0.25, -0.2) is 0 Å². The van der Waals surface area contributed by atoms with Crippen LogP contribution in [0.15, 0.2) is 24.3 Å². The molecule has 0 aliphatic heterocycles. The van der Waals surface area contributed by atoms with Crippen LogP contribution >= 0.6 is 0 Å². The number of hydrogen-bond donors (Lipinski definition) is 1. The first-order valence-corrected chi connectivity index (χ1v) is 6.37. The monoisotopic (exact) mass is 257 g/mol. The molecule has 1 nitrogen and oxygen atoms in total. The van der Waals surface area contributed by atoms with Crippen LogP contribution in [0.1, 0.15) is 43.2 Å². The van der Waals surface area contributed by atoms with Crippen molar-refractivity contribution >= 4 is 0 Å². The van der Waals surface area contributed by atoms with E-state index >= 15 is 0 Å². The van der Waals surface area contributed by atoms with Gasteiger partial charge in [0.2, 0.25) is 0 Å². The maximum absolute atomic E-state index is 12.6. The summed E-state index contributed by atoms with van der Waals surface area (Å²) < 4.78 is 37.8. The molecule has 1 saturated carbocycles. The molecule has 1 fully saturated rings. The van der Waals surface area contributed by atoms with Gasteiger partial charge in [0, 0.05) is 6.04 Å². The molecule has 1 aliphatic rings. The Balaban J connectivity index is 1.93. The third-order valence-corrected chi connectivity index (χ3v) is 3.37. The molecule has 0 radical (unpaired) electrons. The third-order valence-electron chi connectivity index (χ3n) is 3.37. The Morgan fingerprint density at radius 3 is 2.67 bits per heavy atom. The van der Waals surface area contributed by atoms with Crippen LogP contribution in [0, 0.1) is 0 Å². The molecular weight excluding hydrogens is 239 g/mol. The number of hydrogen-bond acceptors (Lipinski definition) is 1. The van der Waals surface area contributed by atoms with Crippen LogP contribution < -0.4 is 5.32 Å². The van der Waals surface area contributed by atoms with Gasteiger partial charge in [-0.15, -0.1) is 0 Å². The molecule has 18 heavy (non-hydrogen) atoms. The molecule has 0 heterocycles. The molecule has 0 spiro atoms. The van der Waals surface area contributed by atoms with Gasteiger partial charge in [0.05, 0.1) is 5.56 Å². The van der Waals surface area contributed by atoms with E-state index in [4.69, 9.17) is 0 Å². The van der Waals surface area contributed by atoms with E-state index in [1.807, 2.05) is 6.92 Å². The zero-order valence-electron chi connectivity index (χ0n) is 10.4. The fourth-order valence-electron chi connectivity index (χ4n) is 1.98. The van der Waals surface area contributed by atoms with Gasteiger partial charge < -0.3 is 5.32 Å². The van der Waals surface area contributed by atoms with Crippen molar-refractivity contribution in [1.29, 1.82) is 0 Å². The Morgan fingerprint density at radius 1 is 1.33 bits per heavy atom. The van der Waals surface area contributed by atoms with E-state index in [2.05, 4.69) is 5.32 Å². The Kier molecular flexibility index (Phi) is 3.95. The molecule has 4 heteroatoms. The Hall–Kier alpha value is -1.03. The van der Waals surface area contributed by atoms with Crippen LogP contribution in [-0.4, -0.2) is 12.6 Å². The second kappa shape index (κ2) is 5.31. The normalized spacial score (nSPS) is 17.8. The Labute approximate surface area is 105 Å². The zero-order chi connectivity index (χ0) is 13.2. The minimum absolute atomic E-state index is 0.151. The van der Waals surface area contributed by atoms with Crippen molar-refractivity contribution in [2.75, 3.05) is 6.54 Å². The molecule has 1 aliphatic carbocycles. The highest BCUT2D eigenvalue weighted by atomic mass is 19.4. The van der Waals surface area contributed by atoms with Crippen molar-refractivity contribution in [3.63, 3.8) is 0 Å². The maximum atomic E-state index is 12.6. The van der Waals surface area contributed by atoms with Crippen LogP contribution in [0.25, 0.3) is 0 Å². The molecule has 0 bridgehead atoms. The van der Waals surface area contributed by atoms with Crippen molar-refractivity contribution in [2.45, 2.75) is 44.3 Å². The molecule has 1 N–H and O–H groups in total. The Bertz CT molecular complexity index is 396. The van der Waals surface area contributed by atoms with Crippen LogP contribution in [0.4, 0.5) is 13.2 Å². The highest BCUT2D eigenvalue weighted by molar-refractivity contribution is 5.27. The topological polar surface area (TPSA) is 12.0 Å². The lowest BCUT2D eigenvalue weighted by atomic mass is 9.96. The molecule has 0 aromatic heterocycles. The van der Waals surface area contributed by atoms with E-state index in [9.17, 15) is 13.2 Å². The van der Waals surface area contributed by atoms with Crippen LogP contribution in [0.5, 0.6) is 0 Å². The third kappa shape index (κ3) is 3.73. The molecule has 1 unspecified atom stereocenters. The highest BCUT2D eigenvalue weighted by Crippen LogP contribution is 2.31. The number of rotatable bonds is 5. The standard InChI is InChI=1S/C14H18F3N/c1-10(7-8-18-13-5-6-13)11-3-2-4-12(9-11)14(15,16)17/h2-4,9-10,13,18H,5-8H2,1H3. The van der Waals surface area contributed by atoms with Crippen LogP contribution in [0.2, 0.25) is 0 Å². The van der Waals surface area contributed by atoms with Gasteiger partial charge >= 0.3 is 6.18 Å². The van der Waals surface area contributed by atoms with Crippen LogP contribution in [0.3, 0.4) is 0 Å². The van der Waals surface area contributed by atoms with Crippen molar-refractivity contribution in [3.05, 3.63) is 35.4 Å². The summed E-state index contributed by atoms with van der Waals surface area (Å²) in [5.41, 5.74) is 0.212. The minimum atomic E-state index is -4.25. The van der Waals surface area contributed by atoms with Crippen molar-refractivity contribution in [2.24, 2.45) is 0 Å². The molecule has 1 atom stereocenters. The fourth-order valence-corrected chi connectivity index (χ4v) is 1.98. The largest absolute Gasteiger partial charge is 0.416 e. The van der Waals surface area contributed by atoms with E-state index in [0.717, 1.165) is 24.6 Å². The molecule has 0 amide bonds. The summed E-state index contributed by atoms with van der Waals surface area (Å²) in [4.78, 5) is 0. The van der Waals surface area contributed by atoms with Gasteiger partial charge in [0.1, 0.15) is 0 Å².